The summed E-state index contributed by atoms with van der Waals surface area (Å²) < 4.78 is 0. The third kappa shape index (κ3) is 4.78. The molecule has 1 aromatic heterocycles. The van der Waals surface area contributed by atoms with Gasteiger partial charge in [-0.25, -0.2) is 4.98 Å². The van der Waals surface area contributed by atoms with Gasteiger partial charge in [0.15, 0.2) is 5.16 Å². The first-order chi connectivity index (χ1) is 14.7. The fourth-order valence-electron chi connectivity index (χ4n) is 3.47. The Labute approximate surface area is 180 Å². The second-order valence-electron chi connectivity index (χ2n) is 8.21. The van der Waals surface area contributed by atoms with Gasteiger partial charge in [-0.1, -0.05) is 19.1 Å². The van der Waals surface area contributed by atoms with E-state index in [4.69, 9.17) is 4.98 Å². The first kappa shape index (κ1) is 19.4. The summed E-state index contributed by atoms with van der Waals surface area (Å²) in [4.78, 5) is 31.3. The standard InChI is InChI=1S/C23H25N5OS/c1-2-18(29)11-14-3-9-19(10-4-14)30-23-27-21(16-7-8-16)26-22(28-23)25-20-12-17(13-24-20)15-5-6-15/h3-4,9-10,12,15-16H,2,5-8,11,13H2,1H3,(H,24,25,26,27,28). The number of benzene rings is 1. The molecular weight excluding hydrogens is 394 g/mol. The van der Waals surface area contributed by atoms with Crippen molar-refractivity contribution >= 4 is 29.3 Å². The average molecular weight is 420 g/mol. The molecule has 3 aliphatic rings. The van der Waals surface area contributed by atoms with Crippen LogP contribution < -0.4 is 5.32 Å². The van der Waals surface area contributed by atoms with Crippen LogP contribution in [0.15, 0.2) is 51.0 Å². The Morgan fingerprint density at radius 1 is 1.07 bits per heavy atom. The van der Waals surface area contributed by atoms with E-state index in [1.807, 2.05) is 31.2 Å². The van der Waals surface area contributed by atoms with Crippen LogP contribution in [0.4, 0.5) is 5.95 Å². The fraction of sp³-hybridized carbons (Fsp3) is 0.435. The summed E-state index contributed by atoms with van der Waals surface area (Å²) in [5.41, 5.74) is 2.46. The maximum absolute atomic E-state index is 11.7. The van der Waals surface area contributed by atoms with Crippen LogP contribution in [-0.4, -0.2) is 33.1 Å². The van der Waals surface area contributed by atoms with E-state index in [9.17, 15) is 4.79 Å². The van der Waals surface area contributed by atoms with Gasteiger partial charge in [-0.05, 0) is 72.7 Å². The molecule has 0 unspecified atom stereocenters. The van der Waals surface area contributed by atoms with Gasteiger partial charge in [-0.15, -0.1) is 0 Å². The van der Waals surface area contributed by atoms with Crippen molar-refractivity contribution in [2.24, 2.45) is 10.9 Å². The zero-order valence-electron chi connectivity index (χ0n) is 17.1. The van der Waals surface area contributed by atoms with Crippen LogP contribution in [0.25, 0.3) is 0 Å². The fourth-order valence-corrected chi connectivity index (χ4v) is 4.22. The molecular formula is C23H25N5OS. The number of Topliss-reactive ketones (excluding diaryl/α,β-unsaturated/α-hetero) is 1. The number of hydrogen-bond donors (Lipinski definition) is 1. The van der Waals surface area contributed by atoms with Crippen LogP contribution in [0.2, 0.25) is 0 Å². The lowest BCUT2D eigenvalue weighted by atomic mass is 10.1. The molecule has 6 nitrogen and oxygen atoms in total. The SMILES string of the molecule is CCC(=O)Cc1ccc(Sc2nc(NC3=NCC(C4CC4)=C3)nc(C3CC3)n2)cc1. The van der Waals surface area contributed by atoms with Crippen molar-refractivity contribution in [3.8, 4) is 0 Å². The molecule has 1 aromatic carbocycles. The molecule has 154 valence electrons. The summed E-state index contributed by atoms with van der Waals surface area (Å²) in [6.45, 7) is 2.69. The minimum Gasteiger partial charge on any atom is -0.309 e. The summed E-state index contributed by atoms with van der Waals surface area (Å²) in [6, 6.07) is 8.08. The molecule has 7 heteroatoms. The molecule has 1 aliphatic heterocycles. The number of ketones is 1. The number of aliphatic imine (C=N–C) groups is 1. The van der Waals surface area contributed by atoms with Crippen LogP contribution in [0.1, 0.15) is 56.3 Å². The van der Waals surface area contributed by atoms with Gasteiger partial charge in [0, 0.05) is 23.7 Å². The van der Waals surface area contributed by atoms with Crippen molar-refractivity contribution in [2.45, 2.75) is 61.4 Å². The Bertz CT molecular complexity index is 1020. The Morgan fingerprint density at radius 2 is 1.83 bits per heavy atom. The zero-order valence-corrected chi connectivity index (χ0v) is 17.9. The Kier molecular flexibility index (Phi) is 5.37. The molecule has 0 atom stereocenters. The van der Waals surface area contributed by atoms with Crippen LogP contribution in [0, 0.1) is 5.92 Å². The molecule has 2 fully saturated rings. The number of hydrogen-bond acceptors (Lipinski definition) is 7. The van der Waals surface area contributed by atoms with E-state index in [2.05, 4.69) is 26.4 Å². The van der Waals surface area contributed by atoms with Gasteiger partial charge in [-0.2, -0.15) is 9.97 Å². The molecule has 0 amide bonds. The number of anilines is 1. The van der Waals surface area contributed by atoms with Crippen LogP contribution in [0.5, 0.6) is 0 Å². The summed E-state index contributed by atoms with van der Waals surface area (Å²) in [5.74, 6) is 3.72. The number of carbonyl (C=O) groups excluding carboxylic acids is 1. The molecule has 2 aromatic rings. The third-order valence-electron chi connectivity index (χ3n) is 5.60. The average Bonchev–Trinajstić information content (AvgIpc) is 3.68. The predicted octanol–water partition coefficient (Wildman–Crippen LogP) is 4.58. The van der Waals surface area contributed by atoms with Crippen molar-refractivity contribution in [3.63, 3.8) is 0 Å². The summed E-state index contributed by atoms with van der Waals surface area (Å²) in [5, 5.41) is 3.99. The summed E-state index contributed by atoms with van der Waals surface area (Å²) >= 11 is 1.53. The lowest BCUT2D eigenvalue weighted by Gasteiger charge is -2.08. The maximum atomic E-state index is 11.7. The highest BCUT2D eigenvalue weighted by Gasteiger charge is 2.29. The van der Waals surface area contributed by atoms with Gasteiger partial charge in [0.2, 0.25) is 5.95 Å². The van der Waals surface area contributed by atoms with Crippen LogP contribution >= 0.6 is 11.8 Å². The van der Waals surface area contributed by atoms with Gasteiger partial charge >= 0.3 is 0 Å². The number of amidine groups is 1. The molecule has 5 rings (SSSR count). The van der Waals surface area contributed by atoms with E-state index in [0.29, 0.717) is 29.9 Å². The van der Waals surface area contributed by atoms with Gasteiger partial charge in [0.05, 0.1) is 6.54 Å². The van der Waals surface area contributed by atoms with Crippen LogP contribution in [-0.2, 0) is 11.2 Å². The molecule has 2 saturated carbocycles. The second-order valence-corrected chi connectivity index (χ2v) is 9.25. The maximum Gasteiger partial charge on any atom is 0.232 e. The summed E-state index contributed by atoms with van der Waals surface area (Å²) in [7, 11) is 0. The van der Waals surface area contributed by atoms with E-state index in [1.54, 1.807) is 0 Å². The first-order valence-electron chi connectivity index (χ1n) is 10.7. The number of carbonyl (C=O) groups is 1. The lowest BCUT2D eigenvalue weighted by molar-refractivity contribution is -0.118. The minimum atomic E-state index is 0.256. The van der Waals surface area contributed by atoms with Gasteiger partial charge < -0.3 is 5.32 Å². The predicted molar refractivity (Wildman–Crippen MR) is 118 cm³/mol. The van der Waals surface area contributed by atoms with Gasteiger partial charge in [-0.3, -0.25) is 9.79 Å². The van der Waals surface area contributed by atoms with Gasteiger partial charge in [0.1, 0.15) is 17.4 Å². The van der Waals surface area contributed by atoms with Crippen molar-refractivity contribution in [1.82, 2.24) is 15.0 Å². The lowest BCUT2D eigenvalue weighted by Crippen LogP contribution is -2.12. The monoisotopic (exact) mass is 419 g/mol. The molecule has 2 aliphatic carbocycles. The van der Waals surface area contributed by atoms with E-state index >= 15 is 0 Å². The van der Waals surface area contributed by atoms with Crippen molar-refractivity contribution in [1.29, 1.82) is 0 Å². The molecule has 0 saturated heterocycles. The Balaban J connectivity index is 1.31. The van der Waals surface area contributed by atoms with E-state index < -0.39 is 0 Å². The molecule has 2 heterocycles. The van der Waals surface area contributed by atoms with E-state index in [1.165, 1.54) is 30.2 Å². The molecule has 0 radical (unpaired) electrons. The summed E-state index contributed by atoms with van der Waals surface area (Å²) in [6.07, 6.45) is 8.08. The first-order valence-corrected chi connectivity index (χ1v) is 11.5. The highest BCUT2D eigenvalue weighted by Crippen LogP contribution is 2.40. The van der Waals surface area contributed by atoms with Crippen LogP contribution in [0.3, 0.4) is 0 Å². The normalized spacial score (nSPS) is 18.2. The number of rotatable bonds is 8. The number of nitrogens with one attached hydrogen (secondary N) is 1. The highest BCUT2D eigenvalue weighted by atomic mass is 32.2. The van der Waals surface area contributed by atoms with Crippen molar-refractivity contribution < 1.29 is 4.79 Å². The Hall–Kier alpha value is -2.54. The number of nitrogens with zero attached hydrogens (tertiary/aromatic N) is 4. The smallest absolute Gasteiger partial charge is 0.232 e. The van der Waals surface area contributed by atoms with E-state index in [-0.39, 0.29) is 5.78 Å². The second kappa shape index (κ2) is 8.30. The van der Waals surface area contributed by atoms with Crippen molar-refractivity contribution in [3.05, 3.63) is 47.3 Å². The quantitative estimate of drug-likeness (QED) is 0.674. The highest BCUT2D eigenvalue weighted by molar-refractivity contribution is 7.99. The minimum absolute atomic E-state index is 0.256. The number of aromatic nitrogens is 3. The van der Waals surface area contributed by atoms with Gasteiger partial charge in [0.25, 0.3) is 0 Å². The van der Waals surface area contributed by atoms with Crippen molar-refractivity contribution in [2.75, 3.05) is 11.9 Å². The molecule has 0 bridgehead atoms. The third-order valence-corrected chi connectivity index (χ3v) is 6.47. The molecule has 30 heavy (non-hydrogen) atoms. The zero-order chi connectivity index (χ0) is 20.5. The molecule has 1 N–H and O–H groups in total. The van der Waals surface area contributed by atoms with E-state index in [0.717, 1.165) is 47.4 Å². The largest absolute Gasteiger partial charge is 0.309 e. The molecule has 0 spiro atoms. The topological polar surface area (TPSA) is 80.1 Å². The Morgan fingerprint density at radius 3 is 2.53 bits per heavy atom.